The predicted molar refractivity (Wildman–Crippen MR) is 69.7 cm³/mol. The number of nitrogens with two attached hydrogens (primary N) is 1. The van der Waals surface area contributed by atoms with Crippen LogP contribution >= 0.6 is 0 Å². The summed E-state index contributed by atoms with van der Waals surface area (Å²) in [5, 5.41) is 5.11. The van der Waals surface area contributed by atoms with Gasteiger partial charge in [-0.3, -0.25) is 4.79 Å². The molecule has 0 radical (unpaired) electrons. The largest absolute Gasteiger partial charge is 0.352 e. The summed E-state index contributed by atoms with van der Waals surface area (Å²) in [5.41, 5.74) is 6.95. The van der Waals surface area contributed by atoms with Crippen molar-refractivity contribution in [2.45, 2.75) is 24.8 Å². The van der Waals surface area contributed by atoms with E-state index in [4.69, 9.17) is 5.73 Å². The van der Waals surface area contributed by atoms with Crippen molar-refractivity contribution in [1.82, 2.24) is 5.32 Å². The Kier molecular flexibility index (Phi) is 3.50. The number of hydrogen-bond acceptors (Lipinski definition) is 3. The molecule has 1 aromatic carbocycles. The number of amides is 3. The zero-order valence-corrected chi connectivity index (χ0v) is 10.3. The number of anilines is 1. The van der Waals surface area contributed by atoms with Crippen molar-refractivity contribution in [2.24, 2.45) is 5.73 Å². The molecule has 0 saturated heterocycles. The van der Waals surface area contributed by atoms with Crippen LogP contribution in [0.1, 0.15) is 17.5 Å². The number of hydrogen-bond donors (Lipinski definition) is 3. The van der Waals surface area contributed by atoms with Crippen LogP contribution in [0.3, 0.4) is 0 Å². The van der Waals surface area contributed by atoms with E-state index in [1.807, 2.05) is 12.1 Å². The highest BCUT2D eigenvalue weighted by molar-refractivity contribution is 5.80. The van der Waals surface area contributed by atoms with Gasteiger partial charge in [-0.15, -0.1) is 0 Å². The maximum Gasteiger partial charge on any atom is 0.312 e. The van der Waals surface area contributed by atoms with E-state index in [1.54, 1.807) is 6.07 Å². The molecule has 6 nitrogen and oxygen atoms in total. The van der Waals surface area contributed by atoms with Crippen LogP contribution in [-0.4, -0.2) is 24.3 Å². The Balaban J connectivity index is 2.26. The quantitative estimate of drug-likeness (QED) is 0.681. The minimum atomic E-state index is -0.918. The third-order valence-electron chi connectivity index (χ3n) is 3.38. The molecule has 0 heterocycles. The molecule has 0 spiro atoms. The van der Waals surface area contributed by atoms with E-state index < -0.39 is 11.6 Å². The Morgan fingerprint density at radius 1 is 1.32 bits per heavy atom. The van der Waals surface area contributed by atoms with Crippen molar-refractivity contribution >= 4 is 24.4 Å². The molecule has 1 atom stereocenters. The highest BCUT2D eigenvalue weighted by Crippen LogP contribution is 2.29. The second-order valence-electron chi connectivity index (χ2n) is 4.69. The van der Waals surface area contributed by atoms with Crippen LogP contribution in [0.25, 0.3) is 0 Å². The molecule has 0 bridgehead atoms. The molecule has 0 fully saturated rings. The third-order valence-corrected chi connectivity index (χ3v) is 3.38. The van der Waals surface area contributed by atoms with E-state index in [9.17, 15) is 14.4 Å². The minimum absolute atomic E-state index is 0.413. The summed E-state index contributed by atoms with van der Waals surface area (Å²) in [6, 6.07) is 4.79. The number of primary amides is 1. The van der Waals surface area contributed by atoms with E-state index in [0.29, 0.717) is 25.7 Å². The van der Waals surface area contributed by atoms with Crippen LogP contribution in [-0.2, 0) is 22.4 Å². The van der Waals surface area contributed by atoms with Gasteiger partial charge in [-0.2, -0.15) is 0 Å². The summed E-state index contributed by atoms with van der Waals surface area (Å²) < 4.78 is 0. The average molecular weight is 261 g/mol. The Morgan fingerprint density at radius 2 is 2.11 bits per heavy atom. The van der Waals surface area contributed by atoms with Crippen molar-refractivity contribution in [1.29, 1.82) is 0 Å². The van der Waals surface area contributed by atoms with Gasteiger partial charge in [0, 0.05) is 12.1 Å². The molecule has 6 heteroatoms. The van der Waals surface area contributed by atoms with E-state index in [0.717, 1.165) is 23.1 Å². The number of fused-ring (bicyclic) bond motifs is 1. The fourth-order valence-electron chi connectivity index (χ4n) is 2.46. The highest BCUT2D eigenvalue weighted by Gasteiger charge is 2.35. The van der Waals surface area contributed by atoms with Gasteiger partial charge < -0.3 is 21.2 Å². The van der Waals surface area contributed by atoms with E-state index in [1.165, 1.54) is 0 Å². The van der Waals surface area contributed by atoms with Crippen LogP contribution in [0, 0.1) is 0 Å². The summed E-state index contributed by atoms with van der Waals surface area (Å²) in [6.45, 7) is 0. The molecule has 0 aromatic heterocycles. The van der Waals surface area contributed by atoms with Gasteiger partial charge in [0.25, 0.3) is 0 Å². The van der Waals surface area contributed by atoms with Gasteiger partial charge in [-0.1, -0.05) is 6.07 Å². The van der Waals surface area contributed by atoms with E-state index in [-0.39, 0.29) is 0 Å². The van der Waals surface area contributed by atoms with Crippen molar-refractivity contribution in [3.05, 3.63) is 29.3 Å². The number of nitrogens with one attached hydrogen (secondary N) is 2. The lowest BCUT2D eigenvalue weighted by Crippen LogP contribution is -2.55. The topological polar surface area (TPSA) is 101 Å². The number of carbonyl (C=O) groups excluding carboxylic acids is 3. The molecular weight excluding hydrogens is 246 g/mol. The third kappa shape index (κ3) is 2.73. The van der Waals surface area contributed by atoms with Crippen LogP contribution < -0.4 is 16.4 Å². The lowest BCUT2D eigenvalue weighted by Gasteiger charge is -2.33. The molecule has 0 saturated carbocycles. The van der Waals surface area contributed by atoms with Crippen molar-refractivity contribution in [2.75, 3.05) is 5.32 Å². The monoisotopic (exact) mass is 261 g/mol. The maximum atomic E-state index is 11.3. The fraction of sp³-hybridized carbons (Fsp3) is 0.308. The smallest absolute Gasteiger partial charge is 0.312 e. The van der Waals surface area contributed by atoms with Gasteiger partial charge >= 0.3 is 6.03 Å². The van der Waals surface area contributed by atoms with Crippen LogP contribution in [0.15, 0.2) is 18.2 Å². The van der Waals surface area contributed by atoms with Gasteiger partial charge in [-0.25, -0.2) is 4.79 Å². The molecule has 100 valence electrons. The van der Waals surface area contributed by atoms with Crippen molar-refractivity contribution < 1.29 is 14.4 Å². The normalized spacial score (nSPS) is 21.1. The standard InChI is InChI=1S/C13H15N3O3/c14-12(19)16-13(7-17)4-3-9-5-11(15-8-18)2-1-10(9)6-13/h1-2,5,7-8H,3-4,6H2,(H,15,18)(H3,14,16,19). The second-order valence-corrected chi connectivity index (χ2v) is 4.69. The summed E-state index contributed by atoms with van der Waals surface area (Å²) >= 11 is 0. The first-order valence-corrected chi connectivity index (χ1v) is 5.94. The number of rotatable bonds is 4. The maximum absolute atomic E-state index is 11.3. The van der Waals surface area contributed by atoms with Crippen molar-refractivity contribution in [3.8, 4) is 0 Å². The van der Waals surface area contributed by atoms with Crippen LogP contribution in [0.4, 0.5) is 10.5 Å². The molecular formula is C13H15N3O3. The van der Waals surface area contributed by atoms with E-state index in [2.05, 4.69) is 10.6 Å². The fourth-order valence-corrected chi connectivity index (χ4v) is 2.46. The molecule has 1 aliphatic carbocycles. The summed E-state index contributed by atoms with van der Waals surface area (Å²) in [5.74, 6) is 0. The first kappa shape index (κ1) is 13.1. The zero-order valence-electron chi connectivity index (χ0n) is 10.3. The van der Waals surface area contributed by atoms with E-state index >= 15 is 0 Å². The Hall–Kier alpha value is -2.37. The minimum Gasteiger partial charge on any atom is -0.352 e. The lowest BCUT2D eigenvalue weighted by atomic mass is 9.78. The number of carbonyl (C=O) groups is 3. The first-order chi connectivity index (χ1) is 9.08. The Morgan fingerprint density at radius 3 is 2.74 bits per heavy atom. The molecule has 19 heavy (non-hydrogen) atoms. The van der Waals surface area contributed by atoms with Gasteiger partial charge in [0.2, 0.25) is 6.41 Å². The molecule has 1 aromatic rings. The van der Waals surface area contributed by atoms with Gasteiger partial charge in [0.05, 0.1) is 0 Å². The summed E-state index contributed by atoms with van der Waals surface area (Å²) in [4.78, 5) is 32.6. The second kappa shape index (κ2) is 5.09. The summed E-state index contributed by atoms with van der Waals surface area (Å²) in [6.07, 6.45) is 2.92. The zero-order chi connectivity index (χ0) is 13.9. The predicted octanol–water partition coefficient (Wildman–Crippen LogP) is 0.350. The summed E-state index contributed by atoms with van der Waals surface area (Å²) in [7, 11) is 0. The van der Waals surface area contributed by atoms with Crippen LogP contribution in [0.5, 0.6) is 0 Å². The van der Waals surface area contributed by atoms with Gasteiger partial charge in [0.15, 0.2) is 0 Å². The SMILES string of the molecule is NC(=O)NC1(C=O)CCc2cc(NC=O)ccc2C1. The number of benzene rings is 1. The first-order valence-electron chi connectivity index (χ1n) is 5.94. The average Bonchev–Trinajstić information content (AvgIpc) is 2.38. The molecule has 2 rings (SSSR count). The lowest BCUT2D eigenvalue weighted by molar-refractivity contribution is -0.113. The number of aryl methyl sites for hydroxylation is 1. The van der Waals surface area contributed by atoms with Gasteiger partial charge in [-0.05, 0) is 36.1 Å². The number of urea groups is 1. The van der Waals surface area contributed by atoms with Gasteiger partial charge in [0.1, 0.15) is 11.8 Å². The van der Waals surface area contributed by atoms with Crippen LogP contribution in [0.2, 0.25) is 0 Å². The molecule has 3 amide bonds. The Bertz CT molecular complexity index is 530. The Labute approximate surface area is 110 Å². The molecule has 1 unspecified atom stereocenters. The molecule has 0 aliphatic heterocycles. The molecule has 1 aliphatic rings. The highest BCUT2D eigenvalue weighted by atomic mass is 16.2. The van der Waals surface area contributed by atoms with Crippen molar-refractivity contribution in [3.63, 3.8) is 0 Å². The molecule has 4 N–H and O–H groups in total. The number of aldehydes is 1.